The van der Waals surface area contributed by atoms with Gasteiger partial charge in [0.15, 0.2) is 0 Å². The van der Waals surface area contributed by atoms with Crippen LogP contribution in [0.15, 0.2) is 6.07 Å². The van der Waals surface area contributed by atoms with Gasteiger partial charge in [-0.15, -0.1) is 11.3 Å². The predicted octanol–water partition coefficient (Wildman–Crippen LogP) is 3.13. The molecule has 1 unspecified atom stereocenters. The summed E-state index contributed by atoms with van der Waals surface area (Å²) < 4.78 is 0.729. The molecular formula is C11H11Cl2NO3S. The van der Waals surface area contributed by atoms with Crippen molar-refractivity contribution in [3.8, 4) is 0 Å². The maximum atomic E-state index is 12.3. The fourth-order valence-corrected chi connectivity index (χ4v) is 3.52. The maximum absolute atomic E-state index is 12.3. The Balaban J connectivity index is 2.26. The SMILES string of the molecule is O=C(O)C1CCCCN1C(=O)c1cc(Cl)sc1Cl. The van der Waals surface area contributed by atoms with E-state index in [4.69, 9.17) is 28.3 Å². The van der Waals surface area contributed by atoms with Gasteiger partial charge in [0.1, 0.15) is 10.4 Å². The van der Waals surface area contributed by atoms with Crippen LogP contribution < -0.4 is 0 Å². The summed E-state index contributed by atoms with van der Waals surface area (Å²) in [5.74, 6) is -1.32. The number of aliphatic carboxylic acids is 1. The average Bonchev–Trinajstić information content (AvgIpc) is 2.67. The minimum atomic E-state index is -0.972. The molecule has 1 fully saturated rings. The number of amides is 1. The molecule has 1 amide bonds. The van der Waals surface area contributed by atoms with E-state index in [0.29, 0.717) is 27.2 Å². The zero-order chi connectivity index (χ0) is 13.3. The lowest BCUT2D eigenvalue weighted by molar-refractivity contribution is -0.143. The first-order valence-electron chi connectivity index (χ1n) is 5.49. The minimum Gasteiger partial charge on any atom is -0.480 e. The lowest BCUT2D eigenvalue weighted by Gasteiger charge is -2.32. The highest BCUT2D eigenvalue weighted by Gasteiger charge is 2.33. The van der Waals surface area contributed by atoms with Crippen LogP contribution in [0.1, 0.15) is 29.6 Å². The second kappa shape index (κ2) is 5.47. The number of rotatable bonds is 2. The van der Waals surface area contributed by atoms with Crippen LogP contribution in [0.4, 0.5) is 0 Å². The molecule has 2 heterocycles. The largest absolute Gasteiger partial charge is 0.480 e. The lowest BCUT2D eigenvalue weighted by Crippen LogP contribution is -2.47. The highest BCUT2D eigenvalue weighted by molar-refractivity contribution is 7.20. The van der Waals surface area contributed by atoms with Crippen molar-refractivity contribution in [2.24, 2.45) is 0 Å². The molecule has 18 heavy (non-hydrogen) atoms. The van der Waals surface area contributed by atoms with Crippen LogP contribution in [0.5, 0.6) is 0 Å². The third kappa shape index (κ3) is 2.63. The molecule has 0 radical (unpaired) electrons. The number of likely N-dealkylation sites (tertiary alicyclic amines) is 1. The molecule has 1 aliphatic rings. The van der Waals surface area contributed by atoms with Crippen molar-refractivity contribution in [2.75, 3.05) is 6.54 Å². The zero-order valence-corrected chi connectivity index (χ0v) is 11.7. The normalized spacial score (nSPS) is 19.9. The van der Waals surface area contributed by atoms with Crippen LogP contribution in [0.2, 0.25) is 8.67 Å². The first-order valence-corrected chi connectivity index (χ1v) is 7.06. The van der Waals surface area contributed by atoms with Gasteiger partial charge < -0.3 is 10.0 Å². The van der Waals surface area contributed by atoms with Gasteiger partial charge in [-0.3, -0.25) is 4.79 Å². The Hall–Kier alpha value is -0.780. The average molecular weight is 308 g/mol. The van der Waals surface area contributed by atoms with Gasteiger partial charge in [0.2, 0.25) is 0 Å². The first-order chi connectivity index (χ1) is 8.50. The summed E-state index contributed by atoms with van der Waals surface area (Å²) in [6, 6.07) is 0.728. The van der Waals surface area contributed by atoms with Crippen molar-refractivity contribution in [1.29, 1.82) is 0 Å². The van der Waals surface area contributed by atoms with E-state index >= 15 is 0 Å². The van der Waals surface area contributed by atoms with E-state index in [0.717, 1.165) is 24.2 Å². The fourth-order valence-electron chi connectivity index (χ4n) is 2.07. The van der Waals surface area contributed by atoms with E-state index in [-0.39, 0.29) is 5.91 Å². The van der Waals surface area contributed by atoms with Crippen LogP contribution in [0, 0.1) is 0 Å². The van der Waals surface area contributed by atoms with Crippen LogP contribution in [-0.2, 0) is 4.79 Å². The number of hydrogen-bond donors (Lipinski definition) is 1. The quantitative estimate of drug-likeness (QED) is 0.913. The third-order valence-electron chi connectivity index (χ3n) is 2.94. The van der Waals surface area contributed by atoms with Crippen LogP contribution >= 0.6 is 34.5 Å². The molecule has 0 bridgehead atoms. The summed E-state index contributed by atoms with van der Waals surface area (Å²) in [5, 5.41) is 9.13. The molecule has 1 aromatic heterocycles. The molecule has 2 rings (SSSR count). The third-order valence-corrected chi connectivity index (χ3v) is 4.42. The topological polar surface area (TPSA) is 57.6 Å². The highest BCUT2D eigenvalue weighted by atomic mass is 35.5. The lowest BCUT2D eigenvalue weighted by atomic mass is 10.0. The van der Waals surface area contributed by atoms with Gasteiger partial charge >= 0.3 is 5.97 Å². The molecule has 98 valence electrons. The van der Waals surface area contributed by atoms with E-state index < -0.39 is 12.0 Å². The number of carbonyl (C=O) groups is 2. The summed E-state index contributed by atoms with van der Waals surface area (Å²) in [4.78, 5) is 24.8. The Morgan fingerprint density at radius 3 is 2.67 bits per heavy atom. The predicted molar refractivity (Wildman–Crippen MR) is 70.7 cm³/mol. The van der Waals surface area contributed by atoms with Crippen molar-refractivity contribution in [3.63, 3.8) is 0 Å². The number of thiophene rings is 1. The molecule has 0 spiro atoms. The van der Waals surface area contributed by atoms with E-state index in [1.165, 1.54) is 11.0 Å². The zero-order valence-electron chi connectivity index (χ0n) is 9.36. The van der Waals surface area contributed by atoms with E-state index in [1.807, 2.05) is 0 Å². The Labute approximate surface area is 118 Å². The number of nitrogens with zero attached hydrogens (tertiary/aromatic N) is 1. The maximum Gasteiger partial charge on any atom is 0.326 e. The van der Waals surface area contributed by atoms with Crippen molar-refractivity contribution >= 4 is 46.4 Å². The second-order valence-corrected chi connectivity index (χ2v) is 6.37. The number of carbonyl (C=O) groups excluding carboxylic acids is 1. The van der Waals surface area contributed by atoms with Gasteiger partial charge in [-0.05, 0) is 25.3 Å². The fraction of sp³-hybridized carbons (Fsp3) is 0.455. The Kier molecular flexibility index (Phi) is 4.14. The summed E-state index contributed by atoms with van der Waals surface area (Å²) in [7, 11) is 0. The molecule has 0 aliphatic carbocycles. The molecule has 0 aromatic carbocycles. The molecule has 4 nitrogen and oxygen atoms in total. The number of carboxylic acid groups (broad SMARTS) is 1. The monoisotopic (exact) mass is 307 g/mol. The number of carboxylic acids is 1. The minimum absolute atomic E-state index is 0.291. The van der Waals surface area contributed by atoms with Gasteiger partial charge in [0.25, 0.3) is 5.91 Å². The summed E-state index contributed by atoms with van der Waals surface area (Å²) in [6.45, 7) is 0.444. The molecule has 0 saturated carbocycles. The van der Waals surface area contributed by atoms with Crippen LogP contribution in [0.25, 0.3) is 0 Å². The van der Waals surface area contributed by atoms with E-state index in [9.17, 15) is 9.59 Å². The molecule has 1 aliphatic heterocycles. The highest BCUT2D eigenvalue weighted by Crippen LogP contribution is 2.33. The number of hydrogen-bond acceptors (Lipinski definition) is 3. The summed E-state index contributed by atoms with van der Waals surface area (Å²) in [5.41, 5.74) is 0.291. The van der Waals surface area contributed by atoms with Gasteiger partial charge in [-0.1, -0.05) is 23.2 Å². The molecule has 7 heteroatoms. The van der Waals surface area contributed by atoms with Crippen molar-refractivity contribution < 1.29 is 14.7 Å². The van der Waals surface area contributed by atoms with Crippen molar-refractivity contribution in [2.45, 2.75) is 25.3 Å². The summed E-state index contributed by atoms with van der Waals surface area (Å²) >= 11 is 12.8. The second-order valence-electron chi connectivity index (χ2n) is 4.09. The van der Waals surface area contributed by atoms with Crippen LogP contribution in [0.3, 0.4) is 0 Å². The van der Waals surface area contributed by atoms with Crippen molar-refractivity contribution in [3.05, 3.63) is 20.3 Å². The molecule has 1 aromatic rings. The standard InChI is InChI=1S/C11H11Cl2NO3S/c12-8-5-6(9(13)18-8)10(15)14-4-2-1-3-7(14)11(16)17/h5,7H,1-4H2,(H,16,17). The molecule has 1 N–H and O–H groups in total. The van der Waals surface area contributed by atoms with E-state index in [2.05, 4.69) is 0 Å². The van der Waals surface area contributed by atoms with Crippen LogP contribution in [-0.4, -0.2) is 34.5 Å². The first kappa shape index (κ1) is 13.6. The Bertz CT molecular complexity index is 489. The van der Waals surface area contributed by atoms with Gasteiger partial charge in [-0.25, -0.2) is 4.79 Å². The van der Waals surface area contributed by atoms with Gasteiger partial charge in [0, 0.05) is 6.54 Å². The smallest absolute Gasteiger partial charge is 0.326 e. The van der Waals surface area contributed by atoms with Gasteiger partial charge in [-0.2, -0.15) is 0 Å². The van der Waals surface area contributed by atoms with Gasteiger partial charge in [0.05, 0.1) is 9.90 Å². The summed E-state index contributed by atoms with van der Waals surface area (Å²) in [6.07, 6.45) is 2.11. The molecule has 1 saturated heterocycles. The molecule has 1 atom stereocenters. The number of halogens is 2. The molecular weight excluding hydrogens is 297 g/mol. The van der Waals surface area contributed by atoms with Crippen molar-refractivity contribution in [1.82, 2.24) is 4.90 Å². The van der Waals surface area contributed by atoms with E-state index in [1.54, 1.807) is 0 Å². The Morgan fingerprint density at radius 1 is 1.39 bits per heavy atom. The Morgan fingerprint density at radius 2 is 2.11 bits per heavy atom. The number of piperidine rings is 1.